The second-order valence-corrected chi connectivity index (χ2v) is 7.00. The van der Waals surface area contributed by atoms with Crippen molar-refractivity contribution >= 4 is 56.6 Å². The molecule has 0 aliphatic heterocycles. The Balaban J connectivity index is 2.28. The number of nitrogens with one attached hydrogen (secondary N) is 1. The van der Waals surface area contributed by atoms with E-state index >= 15 is 0 Å². The first-order valence-corrected chi connectivity index (χ1v) is 8.86. The van der Waals surface area contributed by atoms with E-state index in [1.54, 1.807) is 12.1 Å². The van der Waals surface area contributed by atoms with Crippen LogP contribution in [0.25, 0.3) is 0 Å². The number of hydrogen-bond acceptors (Lipinski definition) is 4. The number of thioether (sulfide) groups is 1. The van der Waals surface area contributed by atoms with Gasteiger partial charge in [0.2, 0.25) is 0 Å². The van der Waals surface area contributed by atoms with Crippen LogP contribution in [0.1, 0.15) is 10.4 Å². The Labute approximate surface area is 156 Å². The predicted molar refractivity (Wildman–Crippen MR) is 101 cm³/mol. The van der Waals surface area contributed by atoms with Crippen LogP contribution >= 0.6 is 39.3 Å². The summed E-state index contributed by atoms with van der Waals surface area (Å²) in [6, 6.07) is 9.29. The maximum absolute atomic E-state index is 12.6. The van der Waals surface area contributed by atoms with Gasteiger partial charge in [0.15, 0.2) is 0 Å². The van der Waals surface area contributed by atoms with Crippen LogP contribution in [-0.2, 0) is 0 Å². The molecule has 0 heterocycles. The molecule has 124 valence electrons. The van der Waals surface area contributed by atoms with Crippen molar-refractivity contribution in [2.24, 2.45) is 0 Å². The first kappa shape index (κ1) is 18.5. The van der Waals surface area contributed by atoms with E-state index in [1.807, 2.05) is 12.1 Å². The Bertz CT molecular complexity index is 814. The molecular weight excluding hydrogens is 416 g/mol. The van der Waals surface area contributed by atoms with Gasteiger partial charge >= 0.3 is 0 Å². The maximum atomic E-state index is 12.6. The Morgan fingerprint density at radius 2 is 2.12 bits per heavy atom. The molecule has 0 fully saturated rings. The van der Waals surface area contributed by atoms with Gasteiger partial charge in [-0.2, -0.15) is 0 Å². The second kappa shape index (κ2) is 8.32. The molecule has 1 amide bonds. The van der Waals surface area contributed by atoms with Gasteiger partial charge in [-0.1, -0.05) is 33.6 Å². The highest BCUT2D eigenvalue weighted by atomic mass is 79.9. The number of hydrogen-bond donors (Lipinski definition) is 1. The molecule has 1 N–H and O–H groups in total. The zero-order valence-corrected chi connectivity index (χ0v) is 15.5. The van der Waals surface area contributed by atoms with Crippen molar-refractivity contribution in [2.45, 2.75) is 4.90 Å². The number of amides is 1. The normalized spacial score (nSPS) is 10.2. The van der Waals surface area contributed by atoms with Crippen LogP contribution in [-0.4, -0.2) is 16.6 Å². The fraction of sp³-hybridized carbons (Fsp3) is 0.0625. The molecule has 0 aliphatic rings. The Morgan fingerprint density at radius 1 is 1.38 bits per heavy atom. The van der Waals surface area contributed by atoms with Gasteiger partial charge in [-0.15, -0.1) is 18.3 Å². The number of non-ortho nitro benzene ring substituents is 1. The molecule has 0 spiro atoms. The number of benzene rings is 2. The monoisotopic (exact) mass is 426 g/mol. The lowest BCUT2D eigenvalue weighted by Crippen LogP contribution is -2.13. The highest BCUT2D eigenvalue weighted by Gasteiger charge is 2.16. The van der Waals surface area contributed by atoms with Gasteiger partial charge in [0, 0.05) is 27.3 Å². The first-order valence-electron chi connectivity index (χ1n) is 6.71. The minimum atomic E-state index is -0.546. The highest BCUT2D eigenvalue weighted by Crippen LogP contribution is 2.30. The third-order valence-electron chi connectivity index (χ3n) is 2.95. The Morgan fingerprint density at radius 3 is 2.75 bits per heavy atom. The van der Waals surface area contributed by atoms with E-state index in [2.05, 4.69) is 27.8 Å². The molecule has 0 atom stereocenters. The van der Waals surface area contributed by atoms with Gasteiger partial charge in [0.05, 0.1) is 21.2 Å². The van der Waals surface area contributed by atoms with Crippen molar-refractivity contribution in [3.63, 3.8) is 0 Å². The van der Waals surface area contributed by atoms with Crippen LogP contribution in [0.5, 0.6) is 0 Å². The molecule has 24 heavy (non-hydrogen) atoms. The smallest absolute Gasteiger partial charge is 0.271 e. The number of anilines is 1. The number of nitro benzene ring substituents is 1. The van der Waals surface area contributed by atoms with Crippen LogP contribution in [0.2, 0.25) is 5.02 Å². The molecule has 0 aliphatic carbocycles. The topological polar surface area (TPSA) is 72.2 Å². The third-order valence-corrected chi connectivity index (χ3v) is 4.83. The first-order chi connectivity index (χ1) is 11.4. The molecule has 2 aromatic carbocycles. The molecule has 2 rings (SSSR count). The predicted octanol–water partition coefficient (Wildman–Crippen LogP) is 5.54. The SMILES string of the molecule is C=CCSc1ccc(Br)cc1C(=O)Nc1ccc([N+](=O)[O-])cc1Cl. The van der Waals surface area contributed by atoms with Gasteiger partial charge < -0.3 is 5.32 Å². The van der Waals surface area contributed by atoms with Crippen molar-refractivity contribution in [1.82, 2.24) is 0 Å². The van der Waals surface area contributed by atoms with Crippen LogP contribution in [0.15, 0.2) is 58.4 Å². The van der Waals surface area contributed by atoms with Crippen molar-refractivity contribution < 1.29 is 9.72 Å². The molecule has 0 bridgehead atoms. The van der Waals surface area contributed by atoms with Crippen LogP contribution < -0.4 is 5.32 Å². The minimum Gasteiger partial charge on any atom is -0.321 e. The van der Waals surface area contributed by atoms with Crippen molar-refractivity contribution in [3.8, 4) is 0 Å². The summed E-state index contributed by atoms with van der Waals surface area (Å²) in [6.45, 7) is 3.67. The van der Waals surface area contributed by atoms with E-state index in [9.17, 15) is 14.9 Å². The number of carbonyl (C=O) groups is 1. The van der Waals surface area contributed by atoms with Crippen molar-refractivity contribution in [1.29, 1.82) is 0 Å². The van der Waals surface area contributed by atoms with Crippen LogP contribution in [0, 0.1) is 10.1 Å². The maximum Gasteiger partial charge on any atom is 0.271 e. The highest BCUT2D eigenvalue weighted by molar-refractivity contribution is 9.10. The van der Waals surface area contributed by atoms with Gasteiger partial charge in [-0.05, 0) is 24.3 Å². The zero-order chi connectivity index (χ0) is 17.7. The summed E-state index contributed by atoms with van der Waals surface area (Å²) in [7, 11) is 0. The molecule has 0 aromatic heterocycles. The summed E-state index contributed by atoms with van der Waals surface area (Å²) in [5.74, 6) is 0.318. The molecule has 0 radical (unpaired) electrons. The number of rotatable bonds is 6. The largest absolute Gasteiger partial charge is 0.321 e. The van der Waals surface area contributed by atoms with Gasteiger partial charge in [-0.25, -0.2) is 0 Å². The molecule has 0 saturated heterocycles. The van der Waals surface area contributed by atoms with E-state index in [0.29, 0.717) is 17.0 Å². The summed E-state index contributed by atoms with van der Waals surface area (Å²) in [5.41, 5.74) is 0.653. The summed E-state index contributed by atoms with van der Waals surface area (Å²) in [6.07, 6.45) is 1.75. The van der Waals surface area contributed by atoms with Crippen molar-refractivity contribution in [2.75, 3.05) is 11.1 Å². The van der Waals surface area contributed by atoms with E-state index in [-0.39, 0.29) is 16.6 Å². The zero-order valence-electron chi connectivity index (χ0n) is 12.3. The summed E-state index contributed by atoms with van der Waals surface area (Å²) < 4.78 is 0.769. The molecule has 0 saturated carbocycles. The molecule has 5 nitrogen and oxygen atoms in total. The molecule has 8 heteroatoms. The lowest BCUT2D eigenvalue weighted by Gasteiger charge is -2.11. The summed E-state index contributed by atoms with van der Waals surface area (Å²) >= 11 is 10.8. The van der Waals surface area contributed by atoms with Crippen molar-refractivity contribution in [3.05, 3.63) is 74.2 Å². The fourth-order valence-corrected chi connectivity index (χ4v) is 3.21. The average molecular weight is 428 g/mol. The third kappa shape index (κ3) is 4.59. The molecule has 2 aromatic rings. The lowest BCUT2D eigenvalue weighted by atomic mass is 10.2. The van der Waals surface area contributed by atoms with E-state index < -0.39 is 4.92 Å². The molecular formula is C16H12BrClN2O3S. The number of nitro groups is 1. The Kier molecular flexibility index (Phi) is 6.42. The minimum absolute atomic E-state index is 0.104. The van der Waals surface area contributed by atoms with Gasteiger partial charge in [0.1, 0.15) is 0 Å². The van der Waals surface area contributed by atoms with E-state index in [1.165, 1.54) is 30.0 Å². The van der Waals surface area contributed by atoms with Crippen LogP contribution in [0.4, 0.5) is 11.4 Å². The average Bonchev–Trinajstić information content (AvgIpc) is 2.55. The number of nitrogens with zero attached hydrogens (tertiary/aromatic N) is 1. The number of carbonyl (C=O) groups excluding carboxylic acids is 1. The quantitative estimate of drug-likeness (QED) is 0.284. The fourth-order valence-electron chi connectivity index (χ4n) is 1.86. The Hall–Kier alpha value is -1.83. The summed E-state index contributed by atoms with van der Waals surface area (Å²) in [5, 5.41) is 13.5. The summed E-state index contributed by atoms with van der Waals surface area (Å²) in [4.78, 5) is 23.5. The number of halogens is 2. The lowest BCUT2D eigenvalue weighted by molar-refractivity contribution is -0.384. The van der Waals surface area contributed by atoms with Gasteiger partial charge in [0.25, 0.3) is 11.6 Å². The standard InChI is InChI=1S/C16H12BrClN2O3S/c1-2-7-24-15-6-3-10(17)8-12(15)16(21)19-14-5-4-11(20(22)23)9-13(14)18/h2-6,8-9H,1,7H2,(H,19,21). The van der Waals surface area contributed by atoms with E-state index in [4.69, 9.17) is 11.6 Å². The van der Waals surface area contributed by atoms with Crippen LogP contribution in [0.3, 0.4) is 0 Å². The van der Waals surface area contributed by atoms with E-state index in [0.717, 1.165) is 9.37 Å². The molecule has 0 unspecified atom stereocenters. The van der Waals surface area contributed by atoms with Gasteiger partial charge in [-0.3, -0.25) is 14.9 Å². The second-order valence-electron chi connectivity index (χ2n) is 4.62.